The smallest absolute Gasteiger partial charge is 0.138 e. The fourth-order valence-electron chi connectivity index (χ4n) is 2.19. The standard InChI is InChI=1S/C15H15N3OS2/c1-20-11-4-2-3-10(7-11)12-8-21-15-13(12)14(16-5-6-19)17-9-18-15/h2-4,7-9,19H,5-6H2,1H3,(H,16,17,18). The fourth-order valence-corrected chi connectivity index (χ4v) is 3.56. The Kier molecular flexibility index (Phi) is 4.38. The van der Waals surface area contributed by atoms with E-state index in [1.54, 1.807) is 29.4 Å². The van der Waals surface area contributed by atoms with E-state index in [1.165, 1.54) is 4.90 Å². The Morgan fingerprint density at radius 1 is 1.33 bits per heavy atom. The van der Waals surface area contributed by atoms with E-state index in [0.29, 0.717) is 6.54 Å². The maximum Gasteiger partial charge on any atom is 0.138 e. The Labute approximate surface area is 131 Å². The Bertz CT molecular complexity index is 758. The summed E-state index contributed by atoms with van der Waals surface area (Å²) in [6.07, 6.45) is 3.63. The number of hydrogen-bond donors (Lipinski definition) is 2. The number of rotatable bonds is 5. The van der Waals surface area contributed by atoms with Gasteiger partial charge in [0.05, 0.1) is 12.0 Å². The molecule has 0 unspecified atom stereocenters. The van der Waals surface area contributed by atoms with Gasteiger partial charge in [-0.1, -0.05) is 12.1 Å². The molecule has 4 nitrogen and oxygen atoms in total. The Hall–Kier alpha value is -1.63. The predicted octanol–water partition coefficient (Wildman–Crippen LogP) is 3.48. The first-order chi connectivity index (χ1) is 10.3. The van der Waals surface area contributed by atoms with Crippen LogP contribution in [0.25, 0.3) is 21.3 Å². The average Bonchev–Trinajstić information content (AvgIpc) is 2.97. The number of aliphatic hydroxyl groups is 1. The third-order valence-electron chi connectivity index (χ3n) is 3.16. The molecule has 3 rings (SSSR count). The number of thioether (sulfide) groups is 1. The van der Waals surface area contributed by atoms with Crippen molar-refractivity contribution in [3.8, 4) is 11.1 Å². The summed E-state index contributed by atoms with van der Waals surface area (Å²) in [7, 11) is 0. The van der Waals surface area contributed by atoms with Gasteiger partial charge in [0.15, 0.2) is 0 Å². The van der Waals surface area contributed by atoms with Crippen LogP contribution in [0.2, 0.25) is 0 Å². The summed E-state index contributed by atoms with van der Waals surface area (Å²) in [5.74, 6) is 0.778. The minimum Gasteiger partial charge on any atom is -0.395 e. The molecule has 0 saturated carbocycles. The lowest BCUT2D eigenvalue weighted by atomic mass is 10.1. The fraction of sp³-hybridized carbons (Fsp3) is 0.200. The maximum atomic E-state index is 9.00. The monoisotopic (exact) mass is 317 g/mol. The quantitative estimate of drug-likeness (QED) is 0.706. The molecular weight excluding hydrogens is 302 g/mol. The SMILES string of the molecule is CSc1cccc(-c2csc3ncnc(NCCO)c23)c1. The van der Waals surface area contributed by atoms with Crippen LogP contribution in [0.5, 0.6) is 0 Å². The van der Waals surface area contributed by atoms with E-state index in [-0.39, 0.29) is 6.61 Å². The summed E-state index contributed by atoms with van der Waals surface area (Å²) < 4.78 is 0. The van der Waals surface area contributed by atoms with Gasteiger partial charge in [0.2, 0.25) is 0 Å². The molecule has 0 aliphatic rings. The molecule has 0 aliphatic heterocycles. The number of thiophene rings is 1. The lowest BCUT2D eigenvalue weighted by molar-refractivity contribution is 0.311. The number of nitrogens with zero attached hydrogens (tertiary/aromatic N) is 2. The predicted molar refractivity (Wildman–Crippen MR) is 90.2 cm³/mol. The number of aromatic nitrogens is 2. The van der Waals surface area contributed by atoms with Crippen LogP contribution >= 0.6 is 23.1 Å². The minimum absolute atomic E-state index is 0.0763. The Morgan fingerprint density at radius 3 is 3.05 bits per heavy atom. The highest BCUT2D eigenvalue weighted by Crippen LogP contribution is 2.37. The van der Waals surface area contributed by atoms with Gasteiger partial charge in [-0.2, -0.15) is 0 Å². The topological polar surface area (TPSA) is 58.0 Å². The lowest BCUT2D eigenvalue weighted by Crippen LogP contribution is -2.07. The zero-order valence-electron chi connectivity index (χ0n) is 11.5. The Balaban J connectivity index is 2.13. The summed E-state index contributed by atoms with van der Waals surface area (Å²) in [5.41, 5.74) is 2.29. The van der Waals surface area contributed by atoms with Crippen molar-refractivity contribution in [2.75, 3.05) is 24.7 Å². The second-order valence-electron chi connectivity index (χ2n) is 4.43. The summed E-state index contributed by atoms with van der Waals surface area (Å²) in [4.78, 5) is 10.8. The van der Waals surface area contributed by atoms with E-state index in [0.717, 1.165) is 27.2 Å². The average molecular weight is 317 g/mol. The zero-order chi connectivity index (χ0) is 14.7. The lowest BCUT2D eigenvalue weighted by Gasteiger charge is -2.07. The van der Waals surface area contributed by atoms with Gasteiger partial charge in [0.25, 0.3) is 0 Å². The van der Waals surface area contributed by atoms with Crippen molar-refractivity contribution in [1.82, 2.24) is 9.97 Å². The molecule has 0 radical (unpaired) electrons. The third-order valence-corrected chi connectivity index (χ3v) is 4.77. The highest BCUT2D eigenvalue weighted by Gasteiger charge is 2.13. The van der Waals surface area contributed by atoms with Gasteiger partial charge in [-0.3, -0.25) is 0 Å². The first kappa shape index (κ1) is 14.3. The number of benzene rings is 1. The van der Waals surface area contributed by atoms with Crippen molar-refractivity contribution >= 4 is 39.1 Å². The number of nitrogens with one attached hydrogen (secondary N) is 1. The molecule has 0 saturated heterocycles. The van der Waals surface area contributed by atoms with Crippen molar-refractivity contribution in [2.24, 2.45) is 0 Å². The first-order valence-electron chi connectivity index (χ1n) is 6.55. The maximum absolute atomic E-state index is 9.00. The van der Waals surface area contributed by atoms with Gasteiger partial charge in [-0.15, -0.1) is 23.1 Å². The van der Waals surface area contributed by atoms with Crippen LogP contribution in [-0.2, 0) is 0 Å². The second kappa shape index (κ2) is 6.43. The summed E-state index contributed by atoms with van der Waals surface area (Å²) >= 11 is 3.34. The molecule has 0 atom stereocenters. The second-order valence-corrected chi connectivity index (χ2v) is 6.17. The van der Waals surface area contributed by atoms with E-state index in [2.05, 4.69) is 51.2 Å². The molecule has 3 aromatic rings. The first-order valence-corrected chi connectivity index (χ1v) is 8.65. The van der Waals surface area contributed by atoms with Crippen LogP contribution in [0.4, 0.5) is 5.82 Å². The number of hydrogen-bond acceptors (Lipinski definition) is 6. The molecule has 6 heteroatoms. The highest BCUT2D eigenvalue weighted by atomic mass is 32.2. The molecule has 2 N–H and O–H groups in total. The number of anilines is 1. The van der Waals surface area contributed by atoms with Crippen molar-refractivity contribution in [3.05, 3.63) is 36.0 Å². The molecular formula is C15H15N3OS2. The van der Waals surface area contributed by atoms with Crippen LogP contribution in [0.3, 0.4) is 0 Å². The highest BCUT2D eigenvalue weighted by molar-refractivity contribution is 7.98. The molecule has 0 bridgehead atoms. The normalized spacial score (nSPS) is 11.0. The van der Waals surface area contributed by atoms with Gasteiger partial charge in [0, 0.05) is 22.4 Å². The van der Waals surface area contributed by atoms with Crippen LogP contribution in [0.15, 0.2) is 40.9 Å². The zero-order valence-corrected chi connectivity index (χ0v) is 13.2. The molecule has 2 heterocycles. The Morgan fingerprint density at radius 2 is 2.24 bits per heavy atom. The molecule has 1 aromatic carbocycles. The number of fused-ring (bicyclic) bond motifs is 1. The molecule has 21 heavy (non-hydrogen) atoms. The molecule has 0 amide bonds. The van der Waals surface area contributed by atoms with E-state index in [9.17, 15) is 0 Å². The van der Waals surface area contributed by atoms with Gasteiger partial charge in [-0.25, -0.2) is 9.97 Å². The van der Waals surface area contributed by atoms with E-state index < -0.39 is 0 Å². The van der Waals surface area contributed by atoms with Crippen LogP contribution < -0.4 is 5.32 Å². The van der Waals surface area contributed by atoms with Crippen LogP contribution in [0.1, 0.15) is 0 Å². The van der Waals surface area contributed by atoms with Crippen LogP contribution in [0, 0.1) is 0 Å². The molecule has 108 valence electrons. The molecule has 0 spiro atoms. The van der Waals surface area contributed by atoms with E-state index >= 15 is 0 Å². The van der Waals surface area contributed by atoms with Crippen molar-refractivity contribution < 1.29 is 5.11 Å². The molecule has 0 aliphatic carbocycles. The molecule has 2 aromatic heterocycles. The largest absolute Gasteiger partial charge is 0.395 e. The molecule has 0 fully saturated rings. The van der Waals surface area contributed by atoms with Gasteiger partial charge in [-0.05, 0) is 24.0 Å². The van der Waals surface area contributed by atoms with Crippen molar-refractivity contribution in [3.63, 3.8) is 0 Å². The van der Waals surface area contributed by atoms with Crippen molar-refractivity contribution in [1.29, 1.82) is 0 Å². The third kappa shape index (κ3) is 2.88. The minimum atomic E-state index is 0.0763. The van der Waals surface area contributed by atoms with Crippen molar-refractivity contribution in [2.45, 2.75) is 4.90 Å². The van der Waals surface area contributed by atoms with E-state index in [1.807, 2.05) is 0 Å². The van der Waals surface area contributed by atoms with Gasteiger partial charge < -0.3 is 10.4 Å². The number of aliphatic hydroxyl groups excluding tert-OH is 1. The van der Waals surface area contributed by atoms with Crippen LogP contribution in [-0.4, -0.2) is 34.5 Å². The van der Waals surface area contributed by atoms with E-state index in [4.69, 9.17) is 5.11 Å². The summed E-state index contributed by atoms with van der Waals surface area (Å²) in [6.45, 7) is 0.555. The van der Waals surface area contributed by atoms with Gasteiger partial charge in [0.1, 0.15) is 17.0 Å². The summed E-state index contributed by atoms with van der Waals surface area (Å²) in [5, 5.41) is 15.3. The summed E-state index contributed by atoms with van der Waals surface area (Å²) in [6, 6.07) is 8.44. The van der Waals surface area contributed by atoms with Gasteiger partial charge >= 0.3 is 0 Å².